The molecule has 25 heteroatoms. The van der Waals surface area contributed by atoms with Gasteiger partial charge < -0.3 is 79.2 Å². The lowest BCUT2D eigenvalue weighted by Crippen LogP contribution is -2.70. The zero-order chi connectivity index (χ0) is 51.3. The third-order valence-electron chi connectivity index (χ3n) is 10.0. The van der Waals surface area contributed by atoms with Gasteiger partial charge in [-0.25, -0.2) is 0 Å². The molecule has 0 aromatic heterocycles. The summed E-state index contributed by atoms with van der Waals surface area (Å²) in [5, 5.41) is 62.4. The summed E-state index contributed by atoms with van der Waals surface area (Å²) in [7, 11) is 0. The van der Waals surface area contributed by atoms with Crippen LogP contribution >= 0.6 is 11.8 Å². The molecule has 0 aromatic carbocycles. The average Bonchev–Trinajstić information content (AvgIpc) is 3.20. The van der Waals surface area contributed by atoms with Crippen LogP contribution < -0.4 is 59.1 Å². The van der Waals surface area contributed by atoms with E-state index >= 15 is 0 Å². The molecule has 0 rings (SSSR count). The van der Waals surface area contributed by atoms with Crippen LogP contribution in [-0.2, 0) is 47.9 Å². The third-order valence-corrected chi connectivity index (χ3v) is 10.7. The van der Waals surface area contributed by atoms with E-state index in [2.05, 4.69) is 48.3 Å². The lowest BCUT2D eigenvalue weighted by molar-refractivity contribution is -0.402. The van der Waals surface area contributed by atoms with Gasteiger partial charge in [-0.2, -0.15) is 11.8 Å². The van der Waals surface area contributed by atoms with Gasteiger partial charge in [-0.3, -0.25) is 43.2 Å². The molecule has 16 N–H and O–H groups in total. The number of rotatable bonds is 30. The number of amides is 9. The Morgan fingerprint density at radius 1 is 0.576 bits per heavy atom. The maximum atomic E-state index is 13.6. The summed E-state index contributed by atoms with van der Waals surface area (Å²) in [4.78, 5) is 128. The Morgan fingerprint density at radius 2 is 1.03 bits per heavy atom. The molecule has 0 aromatic rings. The van der Waals surface area contributed by atoms with E-state index in [1.54, 1.807) is 47.8 Å². The number of nitrogens with one attached hydrogen (secondary N) is 8. The molecule has 0 radical (unpaired) electrons. The molecular weight excluding hydrogens is 889 g/mol. The Morgan fingerprint density at radius 3 is 1.48 bits per heavy atom. The van der Waals surface area contributed by atoms with Crippen LogP contribution in [0.15, 0.2) is 0 Å². The minimum atomic E-state index is -2.18. The maximum absolute atomic E-state index is 13.6. The van der Waals surface area contributed by atoms with Crippen molar-refractivity contribution in [2.24, 2.45) is 29.4 Å². The smallest absolute Gasteiger partial charge is 0.279 e. The van der Waals surface area contributed by atoms with Gasteiger partial charge in [0, 0.05) is 6.54 Å². The zero-order valence-electron chi connectivity index (χ0n) is 39.7. The summed E-state index contributed by atoms with van der Waals surface area (Å²) >= 11 is 1.31. The number of carbonyl (C=O) groups is 10. The Bertz CT molecular complexity index is 1680. The predicted molar refractivity (Wildman–Crippen MR) is 238 cm³/mol. The molecule has 0 aliphatic heterocycles. The Hall–Kier alpha value is -5.11. The standard InChI is InChI=1S/C41H74N10O14S/c1-17(2)14-25(47-34(57)23(42)15-27(43)54)36(59)48-28(18(3)4)37(60)44-16-26(53)32(55)40(63)46-24(12-13-66-11)35(58)49-29(19(5)6)38(61)45-21(9)33(56)51-31(22(10)52)39(62)50-30(20(7)8)41(64)65/h17-26,28-32,52-53,55H,12-16,42H2,1-11H3,(H2,43,54)(H,44,60)(H,45,61)(H,46,63)(H,47,57)(H,48,59)(H,49,58)(H,50,62)(H,51,56)(H,64,65)/t21-,22+,23-,24-,25-,26+,28-,29-,30-,31-,32+/m0/s1. The summed E-state index contributed by atoms with van der Waals surface area (Å²) in [6.45, 7) is 14.8. The first-order valence-corrected chi connectivity index (χ1v) is 23.1. The van der Waals surface area contributed by atoms with Crippen LogP contribution in [0.3, 0.4) is 0 Å². The van der Waals surface area contributed by atoms with Crippen LogP contribution in [0.1, 0.15) is 88.5 Å². The fourth-order valence-electron chi connectivity index (χ4n) is 6.06. The number of nitrogens with two attached hydrogens (primary N) is 1. The molecule has 0 fully saturated rings. The second kappa shape index (κ2) is 29.5. The number of carboxylic acid groups (broad SMARTS) is 1. The van der Waals surface area contributed by atoms with Crippen LogP contribution in [0, 0.1) is 23.7 Å². The first-order chi connectivity index (χ1) is 30.5. The summed E-state index contributed by atoms with van der Waals surface area (Å²) in [6.07, 6.45) is -4.05. The van der Waals surface area contributed by atoms with E-state index in [1.165, 1.54) is 39.5 Å². The van der Waals surface area contributed by atoms with Gasteiger partial charge in [-0.05, 0) is 62.4 Å². The predicted octanol–water partition coefficient (Wildman–Crippen LogP) is -6.38. The third kappa shape index (κ3) is 21.5. The minimum Gasteiger partial charge on any atom is -0.548 e. The van der Waals surface area contributed by atoms with Crippen LogP contribution in [0.5, 0.6) is 0 Å². The van der Waals surface area contributed by atoms with Gasteiger partial charge in [0.15, 0.2) is 12.1 Å². The lowest BCUT2D eigenvalue weighted by Gasteiger charge is -2.29. The number of aliphatic hydroxyl groups excluding tert-OH is 3. The molecule has 0 saturated carbocycles. The van der Waals surface area contributed by atoms with Crippen molar-refractivity contribution >= 4 is 70.9 Å². The highest BCUT2D eigenvalue weighted by Crippen LogP contribution is 2.11. The monoisotopic (exact) mass is 963 g/mol. The number of primary amides is 1. The highest BCUT2D eigenvalue weighted by molar-refractivity contribution is 7.98. The second-order valence-corrected chi connectivity index (χ2v) is 18.6. The van der Waals surface area contributed by atoms with Gasteiger partial charge in [0.25, 0.3) is 11.8 Å². The molecule has 66 heavy (non-hydrogen) atoms. The van der Waals surface area contributed by atoms with Crippen molar-refractivity contribution < 1.29 is 74.1 Å². The van der Waals surface area contributed by atoms with E-state index < -0.39 is 150 Å². The normalized spacial score (nSPS) is 16.5. The van der Waals surface area contributed by atoms with Gasteiger partial charge in [0.2, 0.25) is 41.4 Å². The number of quaternary nitrogens is 1. The Labute approximate surface area is 389 Å². The number of carboxylic acids is 1. The van der Waals surface area contributed by atoms with Crippen molar-refractivity contribution in [3.8, 4) is 0 Å². The number of hydrogen-bond acceptors (Lipinski definition) is 15. The van der Waals surface area contributed by atoms with Crippen molar-refractivity contribution in [2.45, 2.75) is 155 Å². The van der Waals surface area contributed by atoms with E-state index in [0.717, 1.165) is 0 Å². The van der Waals surface area contributed by atoms with Crippen molar-refractivity contribution in [1.82, 2.24) is 42.5 Å². The maximum Gasteiger partial charge on any atom is 0.279 e. The number of carbonyl (C=O) groups excluding carboxylic acids is 10. The molecule has 0 saturated heterocycles. The van der Waals surface area contributed by atoms with E-state index in [4.69, 9.17) is 5.73 Å². The highest BCUT2D eigenvalue weighted by atomic mass is 32.2. The van der Waals surface area contributed by atoms with Gasteiger partial charge >= 0.3 is 0 Å². The van der Waals surface area contributed by atoms with Crippen LogP contribution in [0.2, 0.25) is 0 Å². The van der Waals surface area contributed by atoms with E-state index in [1.807, 2.05) is 0 Å². The molecule has 0 heterocycles. The summed E-state index contributed by atoms with van der Waals surface area (Å²) in [5.41, 5.74) is 8.76. The van der Waals surface area contributed by atoms with Crippen LogP contribution in [-0.4, -0.2) is 160 Å². The van der Waals surface area contributed by atoms with Crippen molar-refractivity contribution in [3.63, 3.8) is 0 Å². The fraction of sp³-hybridized carbons (Fsp3) is 0.756. The van der Waals surface area contributed by atoms with Gasteiger partial charge in [-0.15, -0.1) is 0 Å². The van der Waals surface area contributed by atoms with Crippen molar-refractivity contribution in [2.75, 3.05) is 18.6 Å². The highest BCUT2D eigenvalue weighted by Gasteiger charge is 2.36. The Kier molecular flexibility index (Phi) is 27.2. The van der Waals surface area contributed by atoms with E-state index in [0.29, 0.717) is 5.75 Å². The first-order valence-electron chi connectivity index (χ1n) is 21.7. The summed E-state index contributed by atoms with van der Waals surface area (Å²) in [6, 6.07) is -10.4. The van der Waals surface area contributed by atoms with Gasteiger partial charge in [0.05, 0.1) is 24.5 Å². The lowest BCUT2D eigenvalue weighted by atomic mass is 9.99. The van der Waals surface area contributed by atoms with Gasteiger partial charge in [-0.1, -0.05) is 55.4 Å². The number of aliphatic carboxylic acids is 1. The number of aliphatic hydroxyl groups is 3. The molecule has 0 spiro atoms. The van der Waals surface area contributed by atoms with Crippen molar-refractivity contribution in [1.29, 1.82) is 0 Å². The topological polar surface area (TPSA) is 404 Å². The fourth-order valence-corrected chi connectivity index (χ4v) is 6.53. The summed E-state index contributed by atoms with van der Waals surface area (Å²) in [5.74, 6) is -10.9. The molecule has 0 aliphatic rings. The molecule has 11 atom stereocenters. The SMILES string of the molecule is CSCC[C@H](NC(=O)[C@H](O)[C@H](O)CNC(=O)[C@@H](NC(=O)[C@H](CC(C)C)NC(=O)[C@@H]([NH3+])CC(N)=O)C(C)C)C(=O)N[C@H](C(=O)N[C@@H](C)C(=O)N[C@H](C(=O)N[C@H](C(=O)[O-])C(C)C)[C@@H](C)O)C(C)C. The summed E-state index contributed by atoms with van der Waals surface area (Å²) < 4.78 is 0. The number of thioether (sulfide) groups is 1. The average molecular weight is 963 g/mol. The number of hydrogen-bond donors (Lipinski definition) is 13. The van der Waals surface area contributed by atoms with Crippen LogP contribution in [0.4, 0.5) is 0 Å². The molecular formula is C41H74N10O14S. The Balaban J connectivity index is 5.82. The van der Waals surface area contributed by atoms with E-state index in [9.17, 15) is 68.4 Å². The quantitative estimate of drug-likeness (QED) is 0.0319. The molecule has 378 valence electrons. The van der Waals surface area contributed by atoms with E-state index in [-0.39, 0.29) is 25.2 Å². The zero-order valence-corrected chi connectivity index (χ0v) is 40.5. The second-order valence-electron chi connectivity index (χ2n) is 17.6. The van der Waals surface area contributed by atoms with Crippen molar-refractivity contribution in [3.05, 3.63) is 0 Å². The molecule has 0 bridgehead atoms. The molecule has 0 aliphatic carbocycles. The molecule has 0 unspecified atom stereocenters. The minimum absolute atomic E-state index is 0.00344. The first kappa shape index (κ1) is 60.9. The van der Waals surface area contributed by atoms with Crippen LogP contribution in [0.25, 0.3) is 0 Å². The molecule has 9 amide bonds. The largest absolute Gasteiger partial charge is 0.548 e. The molecule has 24 nitrogen and oxygen atoms in total. The van der Waals surface area contributed by atoms with Gasteiger partial charge in [0.1, 0.15) is 42.4 Å².